The Balaban J connectivity index is 0.00000288. The molecule has 0 spiro atoms. The first-order valence-corrected chi connectivity index (χ1v) is 7.43. The number of piperazine rings is 1. The molecule has 0 unspecified atom stereocenters. The second kappa shape index (κ2) is 8.11. The highest BCUT2D eigenvalue weighted by Crippen LogP contribution is 2.40. The van der Waals surface area contributed by atoms with Crippen LogP contribution in [0, 0.1) is 0 Å². The lowest BCUT2D eigenvalue weighted by molar-refractivity contribution is -0.274. The zero-order chi connectivity index (χ0) is 17.3. The van der Waals surface area contributed by atoms with Crippen molar-refractivity contribution in [2.45, 2.75) is 18.6 Å². The molecule has 1 aliphatic rings. The minimum absolute atomic E-state index is 0. The molecule has 1 aromatic rings. The summed E-state index contributed by atoms with van der Waals surface area (Å²) in [6, 6.07) is 0.919. The Bertz CT molecular complexity index is 548. The van der Waals surface area contributed by atoms with Crippen LogP contribution in [-0.2, 0) is 0 Å². The summed E-state index contributed by atoms with van der Waals surface area (Å²) >= 11 is 2.93. The highest BCUT2D eigenvalue weighted by atomic mass is 79.9. The van der Waals surface area contributed by atoms with Crippen molar-refractivity contribution in [2.24, 2.45) is 0 Å². The molecular formula is C13H14BrClF6N2O. The number of benzene rings is 1. The Morgan fingerprint density at radius 3 is 2.12 bits per heavy atom. The van der Waals surface area contributed by atoms with E-state index in [0.29, 0.717) is 13.1 Å². The van der Waals surface area contributed by atoms with Crippen LogP contribution in [0.25, 0.3) is 0 Å². The van der Waals surface area contributed by atoms with Crippen LogP contribution in [0.2, 0.25) is 0 Å². The average molecular weight is 444 g/mol. The summed E-state index contributed by atoms with van der Waals surface area (Å²) in [7, 11) is 0. The van der Waals surface area contributed by atoms with E-state index in [0.717, 1.165) is 18.2 Å². The molecule has 0 saturated carbocycles. The smallest absolute Gasteiger partial charge is 0.406 e. The first kappa shape index (κ1) is 21.3. The lowest BCUT2D eigenvalue weighted by atomic mass is 10.0. The zero-order valence-corrected chi connectivity index (χ0v) is 14.4. The average Bonchev–Trinajstić information content (AvgIpc) is 2.35. The second-order valence-corrected chi connectivity index (χ2v) is 5.91. The second-order valence-electron chi connectivity index (χ2n) is 5.00. The zero-order valence-electron chi connectivity index (χ0n) is 12.0. The maximum absolute atomic E-state index is 13.5. The van der Waals surface area contributed by atoms with Crippen molar-refractivity contribution in [1.82, 2.24) is 10.2 Å². The van der Waals surface area contributed by atoms with E-state index in [1.807, 2.05) is 0 Å². The SMILES string of the molecule is Cl.FC(F)(F)Oc1cc(Br)cc([C@@H](N2CCNCC2)C(F)(F)F)c1. The third kappa shape index (κ3) is 5.98. The van der Waals surface area contributed by atoms with E-state index in [2.05, 4.69) is 26.0 Å². The van der Waals surface area contributed by atoms with E-state index in [9.17, 15) is 26.3 Å². The number of alkyl halides is 6. The van der Waals surface area contributed by atoms with Gasteiger partial charge in [0.2, 0.25) is 0 Å². The molecule has 2 rings (SSSR count). The van der Waals surface area contributed by atoms with E-state index in [1.54, 1.807) is 0 Å². The molecule has 1 saturated heterocycles. The van der Waals surface area contributed by atoms with Gasteiger partial charge in [-0.1, -0.05) is 15.9 Å². The van der Waals surface area contributed by atoms with Crippen molar-refractivity contribution in [2.75, 3.05) is 26.2 Å². The predicted molar refractivity (Wildman–Crippen MR) is 81.3 cm³/mol. The lowest BCUT2D eigenvalue weighted by Crippen LogP contribution is -2.49. The van der Waals surface area contributed by atoms with Crippen molar-refractivity contribution < 1.29 is 31.1 Å². The van der Waals surface area contributed by atoms with Crippen LogP contribution in [0.4, 0.5) is 26.3 Å². The van der Waals surface area contributed by atoms with Crippen molar-refractivity contribution in [3.63, 3.8) is 0 Å². The quantitative estimate of drug-likeness (QED) is 0.706. The Kier molecular flexibility index (Phi) is 7.21. The summed E-state index contributed by atoms with van der Waals surface area (Å²) in [5, 5.41) is 2.93. The third-order valence-electron chi connectivity index (χ3n) is 3.27. The number of hydrogen-bond donors (Lipinski definition) is 1. The van der Waals surface area contributed by atoms with Gasteiger partial charge < -0.3 is 10.1 Å². The van der Waals surface area contributed by atoms with E-state index in [1.165, 1.54) is 4.90 Å². The normalized spacial score (nSPS) is 18.0. The molecule has 0 aromatic heterocycles. The number of hydrogen-bond acceptors (Lipinski definition) is 3. The van der Waals surface area contributed by atoms with Crippen LogP contribution >= 0.6 is 28.3 Å². The number of ether oxygens (including phenoxy) is 1. The van der Waals surface area contributed by atoms with Gasteiger partial charge in [0.25, 0.3) is 0 Å². The molecule has 3 nitrogen and oxygen atoms in total. The fraction of sp³-hybridized carbons (Fsp3) is 0.538. The molecule has 0 radical (unpaired) electrons. The molecule has 24 heavy (non-hydrogen) atoms. The monoisotopic (exact) mass is 442 g/mol. The number of rotatable bonds is 3. The van der Waals surface area contributed by atoms with Gasteiger partial charge in [0.1, 0.15) is 11.8 Å². The van der Waals surface area contributed by atoms with Gasteiger partial charge in [-0.2, -0.15) is 13.2 Å². The molecule has 0 bridgehead atoms. The fourth-order valence-corrected chi connectivity index (χ4v) is 2.97. The van der Waals surface area contributed by atoms with E-state index in [4.69, 9.17) is 0 Å². The molecule has 1 atom stereocenters. The minimum atomic E-state index is -4.97. The van der Waals surface area contributed by atoms with E-state index in [-0.39, 0.29) is 35.5 Å². The largest absolute Gasteiger partial charge is 0.573 e. The van der Waals surface area contributed by atoms with Gasteiger partial charge in [0.05, 0.1) is 0 Å². The summed E-state index contributed by atoms with van der Waals surface area (Å²) in [4.78, 5) is 1.19. The van der Waals surface area contributed by atoms with Gasteiger partial charge in [-0.3, -0.25) is 4.90 Å². The molecule has 11 heteroatoms. The van der Waals surface area contributed by atoms with Crippen LogP contribution in [0.5, 0.6) is 5.75 Å². The first-order valence-electron chi connectivity index (χ1n) is 6.64. The molecule has 1 N–H and O–H groups in total. The van der Waals surface area contributed by atoms with E-state index < -0.39 is 24.3 Å². The Morgan fingerprint density at radius 2 is 1.62 bits per heavy atom. The van der Waals surface area contributed by atoms with Crippen LogP contribution in [0.15, 0.2) is 22.7 Å². The third-order valence-corrected chi connectivity index (χ3v) is 3.73. The highest BCUT2D eigenvalue weighted by molar-refractivity contribution is 9.10. The molecule has 1 aromatic carbocycles. The predicted octanol–water partition coefficient (Wildman–Crippen LogP) is 4.28. The van der Waals surface area contributed by atoms with Crippen molar-refractivity contribution >= 4 is 28.3 Å². The topological polar surface area (TPSA) is 24.5 Å². The Labute approximate surface area is 148 Å². The van der Waals surface area contributed by atoms with Gasteiger partial charge in [-0.05, 0) is 23.8 Å². The number of halogens is 8. The molecule has 1 fully saturated rings. The fourth-order valence-electron chi connectivity index (χ4n) is 2.48. The van der Waals surface area contributed by atoms with Gasteiger partial charge >= 0.3 is 12.5 Å². The van der Waals surface area contributed by atoms with Crippen LogP contribution in [-0.4, -0.2) is 43.6 Å². The standard InChI is InChI=1S/C13H13BrF6N2O.ClH/c14-9-5-8(6-10(7-9)23-13(18,19)20)11(12(15,16)17)22-3-1-21-2-4-22;/h5-7,11,21H,1-4H2;1H/t11-;/m1./s1. The summed E-state index contributed by atoms with van der Waals surface area (Å²) in [5.74, 6) is -0.689. The summed E-state index contributed by atoms with van der Waals surface area (Å²) in [6.07, 6.45) is -9.59. The van der Waals surface area contributed by atoms with Crippen molar-refractivity contribution in [3.05, 3.63) is 28.2 Å². The molecular weight excluding hydrogens is 430 g/mol. The summed E-state index contributed by atoms with van der Waals surface area (Å²) in [5.41, 5.74) is -0.298. The molecule has 1 heterocycles. The van der Waals surface area contributed by atoms with Gasteiger partial charge in [-0.25, -0.2) is 0 Å². The van der Waals surface area contributed by atoms with Crippen molar-refractivity contribution in [1.29, 1.82) is 0 Å². The van der Waals surface area contributed by atoms with Gasteiger partial charge in [0.15, 0.2) is 0 Å². The van der Waals surface area contributed by atoms with E-state index >= 15 is 0 Å². The van der Waals surface area contributed by atoms with Crippen LogP contribution in [0.1, 0.15) is 11.6 Å². The lowest BCUT2D eigenvalue weighted by Gasteiger charge is -2.36. The molecule has 1 aliphatic heterocycles. The van der Waals surface area contributed by atoms with Crippen LogP contribution in [0.3, 0.4) is 0 Å². The Hall–Kier alpha value is -0.710. The van der Waals surface area contributed by atoms with Crippen LogP contribution < -0.4 is 10.1 Å². The minimum Gasteiger partial charge on any atom is -0.406 e. The molecule has 0 aliphatic carbocycles. The first-order chi connectivity index (χ1) is 10.6. The maximum atomic E-state index is 13.5. The summed E-state index contributed by atoms with van der Waals surface area (Å²) in [6.45, 7) is 1.05. The Morgan fingerprint density at radius 1 is 1.04 bits per heavy atom. The van der Waals surface area contributed by atoms with Crippen molar-refractivity contribution in [3.8, 4) is 5.75 Å². The highest BCUT2D eigenvalue weighted by Gasteiger charge is 2.45. The number of nitrogens with one attached hydrogen (secondary N) is 1. The van der Waals surface area contributed by atoms with Gasteiger partial charge in [-0.15, -0.1) is 25.6 Å². The molecule has 0 amide bonds. The number of nitrogens with zero attached hydrogens (tertiary/aromatic N) is 1. The maximum Gasteiger partial charge on any atom is 0.573 e. The molecule has 138 valence electrons. The summed E-state index contributed by atoms with van der Waals surface area (Å²) < 4.78 is 81.1. The van der Waals surface area contributed by atoms with Gasteiger partial charge in [0, 0.05) is 30.7 Å².